The molecule has 0 saturated carbocycles. The lowest BCUT2D eigenvalue weighted by Gasteiger charge is -2.13. The highest BCUT2D eigenvalue weighted by molar-refractivity contribution is 7.82. The molecule has 4 rings (SSSR count). The van der Waals surface area contributed by atoms with Crippen LogP contribution in [0.4, 0.5) is 0 Å². The van der Waals surface area contributed by atoms with Gasteiger partial charge in [-0.25, -0.2) is 14.3 Å². The van der Waals surface area contributed by atoms with Gasteiger partial charge in [0.05, 0.1) is 6.61 Å². The number of aryl methyl sites for hydroxylation is 2. The van der Waals surface area contributed by atoms with Gasteiger partial charge >= 0.3 is 0 Å². The maximum absolute atomic E-state index is 11.2. The third-order valence-electron chi connectivity index (χ3n) is 5.53. The number of aromatic nitrogens is 3. The van der Waals surface area contributed by atoms with Crippen molar-refractivity contribution >= 4 is 11.0 Å². The molecule has 0 radical (unpaired) electrons. The molecule has 1 atom stereocenters. The van der Waals surface area contributed by atoms with Crippen LogP contribution < -0.4 is 14.6 Å². The van der Waals surface area contributed by atoms with Gasteiger partial charge in [0.15, 0.2) is 10.8 Å². The first-order valence-electron chi connectivity index (χ1n) is 10.7. The Labute approximate surface area is 189 Å². The van der Waals surface area contributed by atoms with Gasteiger partial charge in [0, 0.05) is 30.6 Å². The summed E-state index contributed by atoms with van der Waals surface area (Å²) in [6.45, 7) is 1.30. The van der Waals surface area contributed by atoms with Crippen molar-refractivity contribution in [2.75, 3.05) is 6.61 Å². The zero-order chi connectivity index (χ0) is 22.3. The molecule has 0 aliphatic heterocycles. The number of pyridine rings is 1. The Morgan fingerprint density at radius 2 is 2.09 bits per heavy atom. The van der Waals surface area contributed by atoms with E-state index in [0.717, 1.165) is 61.8 Å². The summed E-state index contributed by atoms with van der Waals surface area (Å²) in [5, 5.41) is 19.0. The molecule has 2 aromatic heterocycles. The van der Waals surface area contributed by atoms with E-state index in [1.807, 2.05) is 24.5 Å². The minimum absolute atomic E-state index is 0.394. The molecule has 1 aliphatic rings. The maximum Gasteiger partial charge on any atom is 0.292 e. The predicted molar refractivity (Wildman–Crippen MR) is 120 cm³/mol. The van der Waals surface area contributed by atoms with Crippen LogP contribution in [0.25, 0.3) is 11.1 Å². The first kappa shape index (κ1) is 22.0. The van der Waals surface area contributed by atoms with Crippen LogP contribution in [0.2, 0.25) is 0 Å². The summed E-state index contributed by atoms with van der Waals surface area (Å²) in [7, 11) is -1.54. The number of nitriles is 1. The average Bonchev–Trinajstić information content (AvgIpc) is 3.46. The summed E-state index contributed by atoms with van der Waals surface area (Å²) in [5.74, 6) is 1.20. The van der Waals surface area contributed by atoms with Gasteiger partial charge in [-0.1, -0.05) is 12.1 Å². The van der Waals surface area contributed by atoms with E-state index in [1.165, 1.54) is 5.56 Å². The molecular weight excluding hydrogens is 426 g/mol. The molecule has 0 spiro atoms. The number of benzene rings is 1. The molecule has 3 aromatic rings. The van der Waals surface area contributed by atoms with Crippen molar-refractivity contribution < 1.29 is 13.7 Å². The third kappa shape index (κ3) is 5.15. The Bertz CT molecular complexity index is 1150. The highest BCUT2D eigenvalue weighted by Gasteiger charge is 2.20. The highest BCUT2D eigenvalue weighted by atomic mass is 32.2. The smallest absolute Gasteiger partial charge is 0.292 e. The van der Waals surface area contributed by atoms with Crippen LogP contribution in [0.15, 0.2) is 47.8 Å². The number of rotatable bonds is 10. The van der Waals surface area contributed by atoms with Crippen molar-refractivity contribution in [1.29, 1.82) is 5.26 Å². The van der Waals surface area contributed by atoms with E-state index in [2.05, 4.69) is 16.1 Å². The summed E-state index contributed by atoms with van der Waals surface area (Å²) < 4.78 is 24.2. The fourth-order valence-electron chi connectivity index (χ4n) is 3.98. The largest absolute Gasteiger partial charge is 0.478 e. The average molecular weight is 452 g/mol. The standard InChI is InChI=1S/C23H25N5O3S/c24-16-31-23-19-6-4-5-17(19)7-8-20(23)18-9-11-26-21(15-18)30-14-3-1-2-12-28-13-10-22(27-28)32(25)29/h7-11,13,15H,1-6,12,14,25H2. The highest BCUT2D eigenvalue weighted by Crippen LogP contribution is 2.39. The SMILES string of the molecule is N#COc1c(-c2ccnc(OCCCCCn3ccc(S(N)=O)n3)c2)ccc2c1CCC2. The molecule has 1 aromatic carbocycles. The second-order valence-electron chi connectivity index (χ2n) is 7.63. The van der Waals surface area contributed by atoms with Crippen LogP contribution in [-0.4, -0.2) is 25.6 Å². The van der Waals surface area contributed by atoms with E-state index in [4.69, 9.17) is 19.9 Å². The molecular formula is C23H25N5O3S. The van der Waals surface area contributed by atoms with Crippen molar-refractivity contribution in [2.45, 2.75) is 50.1 Å². The van der Waals surface area contributed by atoms with Gasteiger partial charge in [-0.05, 0) is 67.3 Å². The second-order valence-corrected chi connectivity index (χ2v) is 8.65. The Hall–Kier alpha value is -3.22. The number of hydrogen-bond acceptors (Lipinski definition) is 6. The van der Waals surface area contributed by atoms with E-state index in [1.54, 1.807) is 23.1 Å². The Balaban J connectivity index is 1.31. The normalized spacial score (nSPS) is 13.4. The summed E-state index contributed by atoms with van der Waals surface area (Å²) in [5.41, 5.74) is 4.19. The van der Waals surface area contributed by atoms with E-state index in [-0.39, 0.29) is 0 Å². The first-order chi connectivity index (χ1) is 15.7. The second kappa shape index (κ2) is 10.4. The number of nitrogens with zero attached hydrogens (tertiary/aromatic N) is 4. The van der Waals surface area contributed by atoms with Crippen LogP contribution in [0.3, 0.4) is 0 Å². The number of unbranched alkanes of at least 4 members (excludes halogenated alkanes) is 2. The molecule has 166 valence electrons. The maximum atomic E-state index is 11.2. The zero-order valence-corrected chi connectivity index (χ0v) is 18.5. The third-order valence-corrected chi connectivity index (χ3v) is 6.16. The molecule has 2 N–H and O–H groups in total. The monoisotopic (exact) mass is 451 g/mol. The lowest BCUT2D eigenvalue weighted by atomic mass is 9.99. The zero-order valence-electron chi connectivity index (χ0n) is 17.7. The van der Waals surface area contributed by atoms with E-state index >= 15 is 0 Å². The number of nitrogens with two attached hydrogens (primary N) is 1. The van der Waals surface area contributed by atoms with E-state index in [9.17, 15) is 4.21 Å². The fraction of sp³-hybridized carbons (Fsp3) is 0.348. The lowest BCUT2D eigenvalue weighted by molar-refractivity contribution is 0.292. The van der Waals surface area contributed by atoms with Crippen LogP contribution in [0, 0.1) is 11.5 Å². The molecule has 0 bridgehead atoms. The van der Waals surface area contributed by atoms with Crippen molar-refractivity contribution in [3.8, 4) is 29.0 Å². The van der Waals surface area contributed by atoms with Gasteiger partial charge in [0.25, 0.3) is 6.26 Å². The Kier molecular flexibility index (Phi) is 7.14. The Morgan fingerprint density at radius 3 is 2.91 bits per heavy atom. The van der Waals surface area contributed by atoms with Gasteiger partial charge < -0.3 is 9.47 Å². The van der Waals surface area contributed by atoms with E-state index in [0.29, 0.717) is 23.3 Å². The summed E-state index contributed by atoms with van der Waals surface area (Å²) >= 11 is 0. The first-order valence-corrected chi connectivity index (χ1v) is 11.9. The molecule has 9 heteroatoms. The fourth-order valence-corrected chi connectivity index (χ4v) is 4.36. The molecule has 0 amide bonds. The number of hydrogen-bond donors (Lipinski definition) is 1. The van der Waals surface area contributed by atoms with Crippen molar-refractivity contribution in [3.05, 3.63) is 53.9 Å². The molecule has 0 fully saturated rings. The summed E-state index contributed by atoms with van der Waals surface area (Å²) in [4.78, 5) is 4.31. The van der Waals surface area contributed by atoms with Gasteiger partial charge in [-0.15, -0.1) is 5.26 Å². The quantitative estimate of drug-likeness (QED) is 0.372. The van der Waals surface area contributed by atoms with Crippen LogP contribution in [0.5, 0.6) is 11.6 Å². The van der Waals surface area contributed by atoms with Gasteiger partial charge in [0.2, 0.25) is 5.88 Å². The van der Waals surface area contributed by atoms with Crippen LogP contribution in [-0.2, 0) is 30.4 Å². The predicted octanol–water partition coefficient (Wildman–Crippen LogP) is 3.52. The summed E-state index contributed by atoms with van der Waals surface area (Å²) in [6, 6.07) is 9.60. The van der Waals surface area contributed by atoms with Crippen LogP contribution in [0.1, 0.15) is 36.8 Å². The topological polar surface area (TPSA) is 116 Å². The molecule has 32 heavy (non-hydrogen) atoms. The molecule has 1 unspecified atom stereocenters. The van der Waals surface area contributed by atoms with Crippen molar-refractivity contribution in [1.82, 2.24) is 14.8 Å². The van der Waals surface area contributed by atoms with Crippen molar-refractivity contribution in [3.63, 3.8) is 0 Å². The van der Waals surface area contributed by atoms with Crippen molar-refractivity contribution in [2.24, 2.45) is 5.14 Å². The van der Waals surface area contributed by atoms with Crippen LogP contribution >= 0.6 is 0 Å². The molecule has 2 heterocycles. The van der Waals surface area contributed by atoms with Gasteiger partial charge in [0.1, 0.15) is 11.0 Å². The van der Waals surface area contributed by atoms with Gasteiger partial charge in [-0.3, -0.25) is 4.68 Å². The summed E-state index contributed by atoms with van der Waals surface area (Å²) in [6.07, 6.45) is 11.1. The minimum atomic E-state index is -1.54. The molecule has 0 saturated heterocycles. The lowest BCUT2D eigenvalue weighted by Crippen LogP contribution is -2.06. The number of fused-ring (bicyclic) bond motifs is 1. The van der Waals surface area contributed by atoms with E-state index < -0.39 is 11.0 Å². The van der Waals surface area contributed by atoms with Gasteiger partial charge in [-0.2, -0.15) is 5.10 Å². The minimum Gasteiger partial charge on any atom is -0.478 e. The molecule has 8 nitrogen and oxygen atoms in total. The Morgan fingerprint density at radius 1 is 1.19 bits per heavy atom. The number of ether oxygens (including phenoxy) is 2. The molecule has 1 aliphatic carbocycles.